The van der Waals surface area contributed by atoms with Crippen LogP contribution in [-0.2, 0) is 4.79 Å². The highest BCUT2D eigenvalue weighted by molar-refractivity contribution is 6.05. The number of anilines is 1. The molecule has 0 spiro atoms. The van der Waals surface area contributed by atoms with Crippen LogP contribution in [0.3, 0.4) is 0 Å². The number of nitrogens with zero attached hydrogens (tertiary/aromatic N) is 2. The van der Waals surface area contributed by atoms with Crippen LogP contribution >= 0.6 is 0 Å². The van der Waals surface area contributed by atoms with E-state index in [0.29, 0.717) is 27.8 Å². The van der Waals surface area contributed by atoms with Crippen molar-refractivity contribution in [1.82, 2.24) is 10.7 Å². The van der Waals surface area contributed by atoms with Crippen molar-refractivity contribution in [1.29, 1.82) is 0 Å². The number of carbonyl (C=O) groups is 4. The largest absolute Gasteiger partial charge is 0.419 e. The molecular weight excluding hydrogens is 620 g/mol. The van der Waals surface area contributed by atoms with Gasteiger partial charge in [-0.3, -0.25) is 9.59 Å². The van der Waals surface area contributed by atoms with Crippen molar-refractivity contribution in [3.8, 4) is 11.5 Å². The zero-order chi connectivity index (χ0) is 34.6. The van der Waals surface area contributed by atoms with Crippen LogP contribution in [-0.4, -0.2) is 44.1 Å². The molecule has 0 fully saturated rings. The summed E-state index contributed by atoms with van der Waals surface area (Å²) >= 11 is 0. The fourth-order valence-electron chi connectivity index (χ4n) is 4.44. The first-order valence-corrected chi connectivity index (χ1v) is 15.1. The molecule has 5 aromatic rings. The lowest BCUT2D eigenvalue weighted by Crippen LogP contribution is -2.32. The number of benzene rings is 5. The van der Waals surface area contributed by atoms with E-state index >= 15 is 0 Å². The number of carbonyl (C=O) groups excluding carboxylic acids is 4. The van der Waals surface area contributed by atoms with Gasteiger partial charge >= 0.3 is 11.9 Å². The normalized spacial score (nSPS) is 11.0. The number of hydrogen-bond acceptors (Lipinski definition) is 8. The third-order valence-corrected chi connectivity index (χ3v) is 7.02. The van der Waals surface area contributed by atoms with E-state index in [4.69, 9.17) is 9.47 Å². The summed E-state index contributed by atoms with van der Waals surface area (Å²) in [7, 11) is 3.84. The minimum Gasteiger partial charge on any atom is -0.419 e. The van der Waals surface area contributed by atoms with E-state index in [1.165, 1.54) is 18.3 Å². The summed E-state index contributed by atoms with van der Waals surface area (Å²) in [5.74, 6) is -2.48. The molecule has 0 bridgehead atoms. The van der Waals surface area contributed by atoms with Gasteiger partial charge in [-0.15, -0.1) is 0 Å². The predicted molar refractivity (Wildman–Crippen MR) is 188 cm³/mol. The second kappa shape index (κ2) is 16.1. The molecule has 10 heteroatoms. The maximum Gasteiger partial charge on any atom is 0.343 e. The molecule has 10 nitrogen and oxygen atoms in total. The molecule has 244 valence electrons. The van der Waals surface area contributed by atoms with Gasteiger partial charge in [0.2, 0.25) is 0 Å². The minimum atomic E-state index is -0.679. The van der Waals surface area contributed by atoms with Crippen LogP contribution < -0.4 is 25.1 Å². The average molecular weight is 653 g/mol. The van der Waals surface area contributed by atoms with E-state index in [1.54, 1.807) is 103 Å². The molecule has 0 aliphatic heterocycles. The Kier molecular flexibility index (Phi) is 11.1. The maximum atomic E-state index is 13.3. The summed E-state index contributed by atoms with van der Waals surface area (Å²) in [5, 5.41) is 6.74. The lowest BCUT2D eigenvalue weighted by Gasteiger charge is -2.13. The Hall–Kier alpha value is -6.81. The quantitative estimate of drug-likeness (QED) is 0.0580. The second-order valence-electron chi connectivity index (χ2n) is 10.8. The van der Waals surface area contributed by atoms with Gasteiger partial charge in [-0.05, 0) is 83.9 Å². The van der Waals surface area contributed by atoms with E-state index < -0.39 is 23.8 Å². The van der Waals surface area contributed by atoms with Gasteiger partial charge < -0.3 is 19.7 Å². The Morgan fingerprint density at radius 3 is 1.67 bits per heavy atom. The number of nitrogens with one attached hydrogen (secondary N) is 2. The third kappa shape index (κ3) is 9.36. The lowest BCUT2D eigenvalue weighted by atomic mass is 10.1. The predicted octanol–water partition coefficient (Wildman–Crippen LogP) is 6.11. The molecule has 0 saturated heterocycles. The molecule has 5 aromatic carbocycles. The SMILES string of the molecule is CN(C)c1ccc(/C=C(/NC(=O)c2ccccc2)C(=O)N/N=C\c2ccc(OC(=O)c3ccccc3)c(OC(=O)c3ccccc3)c2)cc1. The summed E-state index contributed by atoms with van der Waals surface area (Å²) in [4.78, 5) is 53.9. The Bertz CT molecular complexity index is 1990. The summed E-state index contributed by atoms with van der Waals surface area (Å²) < 4.78 is 11.2. The van der Waals surface area contributed by atoms with Crippen molar-refractivity contribution < 1.29 is 28.7 Å². The highest BCUT2D eigenvalue weighted by atomic mass is 16.6. The van der Waals surface area contributed by atoms with Crippen molar-refractivity contribution in [2.24, 2.45) is 5.10 Å². The van der Waals surface area contributed by atoms with Crippen LogP contribution in [0.5, 0.6) is 11.5 Å². The monoisotopic (exact) mass is 652 g/mol. The number of hydrazone groups is 1. The molecule has 49 heavy (non-hydrogen) atoms. The van der Waals surface area contributed by atoms with E-state index in [2.05, 4.69) is 15.8 Å². The molecule has 2 amide bonds. The van der Waals surface area contributed by atoms with Gasteiger partial charge in [0.15, 0.2) is 11.5 Å². The molecule has 0 saturated carbocycles. The lowest BCUT2D eigenvalue weighted by molar-refractivity contribution is -0.117. The molecule has 0 aromatic heterocycles. The minimum absolute atomic E-state index is 0.00782. The van der Waals surface area contributed by atoms with Crippen LogP contribution in [0.1, 0.15) is 42.2 Å². The smallest absolute Gasteiger partial charge is 0.343 e. The summed E-state index contributed by atoms with van der Waals surface area (Å²) in [5.41, 5.74) is 5.44. The maximum absolute atomic E-state index is 13.3. The first-order valence-electron chi connectivity index (χ1n) is 15.1. The van der Waals surface area contributed by atoms with Gasteiger partial charge in [0.05, 0.1) is 17.3 Å². The summed E-state index contributed by atoms with van der Waals surface area (Å²) in [6, 6.07) is 37.2. The number of amides is 2. The fourth-order valence-corrected chi connectivity index (χ4v) is 4.44. The van der Waals surface area contributed by atoms with E-state index in [9.17, 15) is 19.2 Å². The first-order chi connectivity index (χ1) is 23.8. The highest BCUT2D eigenvalue weighted by Crippen LogP contribution is 2.30. The first kappa shape index (κ1) is 33.6. The Balaban J connectivity index is 1.37. The number of rotatable bonds is 11. The van der Waals surface area contributed by atoms with Crippen LogP contribution in [0, 0.1) is 0 Å². The van der Waals surface area contributed by atoms with Crippen molar-refractivity contribution >= 4 is 41.7 Å². The second-order valence-corrected chi connectivity index (χ2v) is 10.8. The van der Waals surface area contributed by atoms with E-state index in [-0.39, 0.29) is 17.2 Å². The molecule has 0 atom stereocenters. The van der Waals surface area contributed by atoms with Crippen molar-refractivity contribution in [2.45, 2.75) is 0 Å². The highest BCUT2D eigenvalue weighted by Gasteiger charge is 2.18. The van der Waals surface area contributed by atoms with Gasteiger partial charge in [0.1, 0.15) is 5.70 Å². The summed E-state index contributed by atoms with van der Waals surface area (Å²) in [6.45, 7) is 0. The Morgan fingerprint density at radius 2 is 1.12 bits per heavy atom. The molecular formula is C39H32N4O6. The van der Waals surface area contributed by atoms with Gasteiger partial charge in [0.25, 0.3) is 11.8 Å². The van der Waals surface area contributed by atoms with E-state index in [1.807, 2.05) is 43.3 Å². The molecule has 0 unspecified atom stereocenters. The van der Waals surface area contributed by atoms with Crippen molar-refractivity contribution in [3.63, 3.8) is 0 Å². The average Bonchev–Trinajstić information content (AvgIpc) is 3.13. The van der Waals surface area contributed by atoms with Gasteiger partial charge in [-0.25, -0.2) is 15.0 Å². The zero-order valence-corrected chi connectivity index (χ0v) is 26.7. The fraction of sp³-hybridized carbons (Fsp3) is 0.0513. The van der Waals surface area contributed by atoms with Gasteiger partial charge in [-0.1, -0.05) is 66.7 Å². The van der Waals surface area contributed by atoms with Crippen molar-refractivity contribution in [3.05, 3.63) is 167 Å². The van der Waals surface area contributed by atoms with Gasteiger partial charge in [0, 0.05) is 25.3 Å². The van der Waals surface area contributed by atoms with Crippen LogP contribution in [0.2, 0.25) is 0 Å². The topological polar surface area (TPSA) is 126 Å². The standard InChI is InChI=1S/C39H32N4O6/c1-43(2)32-21-18-27(19-22-32)24-33(41-36(44)29-12-6-3-7-13-29)37(45)42-40-26-28-20-23-34(48-38(46)30-14-8-4-9-15-30)35(25-28)49-39(47)31-16-10-5-11-17-31/h3-26H,1-2H3,(H,41,44)(H,42,45)/b33-24+,40-26-. The molecule has 0 aliphatic rings. The number of hydrogen-bond donors (Lipinski definition) is 2. The Morgan fingerprint density at radius 1 is 0.612 bits per heavy atom. The molecule has 0 heterocycles. The molecule has 5 rings (SSSR count). The molecule has 0 radical (unpaired) electrons. The van der Waals surface area contributed by atoms with Crippen molar-refractivity contribution in [2.75, 3.05) is 19.0 Å². The Labute approximate surface area is 283 Å². The van der Waals surface area contributed by atoms with Crippen LogP contribution in [0.15, 0.2) is 144 Å². The van der Waals surface area contributed by atoms with Gasteiger partial charge in [-0.2, -0.15) is 5.10 Å². The molecule has 0 aliphatic carbocycles. The van der Waals surface area contributed by atoms with E-state index in [0.717, 1.165) is 5.69 Å². The van der Waals surface area contributed by atoms with Crippen LogP contribution in [0.25, 0.3) is 6.08 Å². The zero-order valence-electron chi connectivity index (χ0n) is 26.7. The third-order valence-electron chi connectivity index (χ3n) is 7.02. The van der Waals surface area contributed by atoms with Crippen LogP contribution in [0.4, 0.5) is 5.69 Å². The summed E-state index contributed by atoms with van der Waals surface area (Å²) in [6.07, 6.45) is 2.87. The molecule has 2 N–H and O–H groups in total. The number of ether oxygens (including phenoxy) is 2. The number of esters is 2.